The van der Waals surface area contributed by atoms with Gasteiger partial charge in [-0.15, -0.1) is 0 Å². The predicted molar refractivity (Wildman–Crippen MR) is 202 cm³/mol. The highest BCUT2D eigenvalue weighted by atomic mass is 79.9. The van der Waals surface area contributed by atoms with E-state index in [9.17, 15) is 22.8 Å². The molecule has 1 aliphatic rings. The molecule has 1 heterocycles. The number of carbonyl (C=O) groups is 3. The minimum absolute atomic E-state index is 0.0454. The maximum Gasteiger partial charge on any atom is 0.325 e. The quantitative estimate of drug-likeness (QED) is 0.169. The molecule has 2 amide bonds. The van der Waals surface area contributed by atoms with E-state index >= 15 is 0 Å². The Balaban J connectivity index is 1.61. The summed E-state index contributed by atoms with van der Waals surface area (Å²) < 4.78 is 40.7. The lowest BCUT2D eigenvalue weighted by atomic mass is 9.76. The molecule has 2 unspecified atom stereocenters. The first kappa shape index (κ1) is 40.1. The molecule has 0 saturated carbocycles. The summed E-state index contributed by atoms with van der Waals surface area (Å²) in [5.41, 5.74) is 1.21. The molecule has 0 bridgehead atoms. The van der Waals surface area contributed by atoms with Crippen LogP contribution in [0.25, 0.3) is 0 Å². The summed E-state index contributed by atoms with van der Waals surface area (Å²) >= 11 is 3.60. The van der Waals surface area contributed by atoms with Gasteiger partial charge >= 0.3 is 5.97 Å². The van der Waals surface area contributed by atoms with Crippen molar-refractivity contribution in [3.63, 3.8) is 0 Å². The van der Waals surface area contributed by atoms with E-state index in [1.54, 1.807) is 57.2 Å². The first-order valence-corrected chi connectivity index (χ1v) is 20.2. The third-order valence-corrected chi connectivity index (χ3v) is 12.0. The molecule has 0 spiro atoms. The van der Waals surface area contributed by atoms with Gasteiger partial charge in [-0.1, -0.05) is 93.8 Å². The first-order chi connectivity index (χ1) is 24.2. The molecule has 9 nitrogen and oxygen atoms in total. The molecule has 3 aromatic rings. The van der Waals surface area contributed by atoms with Gasteiger partial charge in [0.05, 0.1) is 15.1 Å². The molecule has 3 atom stereocenters. The third-order valence-electron chi connectivity index (χ3n) is 9.37. The van der Waals surface area contributed by atoms with Crippen LogP contribution >= 0.6 is 15.9 Å². The van der Waals surface area contributed by atoms with Crippen LogP contribution in [0.3, 0.4) is 0 Å². The topological polar surface area (TPSA) is 128 Å². The maximum atomic E-state index is 14.5. The van der Waals surface area contributed by atoms with Crippen LogP contribution in [0.2, 0.25) is 0 Å². The highest BCUT2D eigenvalue weighted by molar-refractivity contribution is 9.10. The molecular weight excluding hydrogens is 732 g/mol. The molecule has 0 aliphatic carbocycles. The van der Waals surface area contributed by atoms with Crippen molar-refractivity contribution in [2.24, 2.45) is 5.41 Å². The molecule has 3 aromatic carbocycles. The van der Waals surface area contributed by atoms with Crippen molar-refractivity contribution in [1.82, 2.24) is 10.6 Å². The lowest BCUT2D eigenvalue weighted by molar-refractivity contribution is -0.154. The van der Waals surface area contributed by atoms with Crippen LogP contribution in [0, 0.1) is 5.41 Å². The fourth-order valence-corrected chi connectivity index (χ4v) is 9.54. The molecule has 1 aliphatic heterocycles. The molecule has 4 rings (SSSR count). The van der Waals surface area contributed by atoms with Crippen molar-refractivity contribution in [3.8, 4) is 5.75 Å². The van der Waals surface area contributed by atoms with Gasteiger partial charge in [-0.05, 0) is 90.6 Å². The summed E-state index contributed by atoms with van der Waals surface area (Å²) in [5, 5.41) is 5.25. The number of sulfone groups is 1. The SMILES string of the molecule is CCCCC1(CC)CCCC(c2ccccc2)c2cc(Br)c(OCC(=O)N[C@@H](C(=O)NCC(=O)OC(C)(C)C)c3ccccc3)cc2S(=O)(=O)C1. The van der Waals surface area contributed by atoms with Gasteiger partial charge in [-0.3, -0.25) is 14.4 Å². The minimum atomic E-state index is -3.78. The molecule has 276 valence electrons. The number of unbranched alkanes of at least 4 members (excludes halogenated alkanes) is 1. The molecular formula is C40H51BrN2O7S. The Kier molecular flexibility index (Phi) is 13.9. The standard InChI is InChI=1S/C40H51BrN2O7S/c1-6-8-21-40(7-2)22-15-20-30(28-16-11-9-12-17-28)31-23-32(41)33(24-34(31)51(47,48)27-40)49-26-35(44)43-37(29-18-13-10-14-19-29)38(46)42-25-36(45)50-39(3,4)5/h9-14,16-19,23-24,30,37H,6-8,15,20-22,25-27H2,1-5H3,(H,42,46)(H,43,44)/t30?,37-,40?/m1/s1. The van der Waals surface area contributed by atoms with E-state index in [-0.39, 0.29) is 34.3 Å². The summed E-state index contributed by atoms with van der Waals surface area (Å²) in [4.78, 5) is 39.0. The summed E-state index contributed by atoms with van der Waals surface area (Å²) in [7, 11) is -3.78. The fourth-order valence-electron chi connectivity index (χ4n) is 6.76. The van der Waals surface area contributed by atoms with Crippen LogP contribution in [-0.4, -0.2) is 50.7 Å². The normalized spacial score (nSPS) is 19.3. The van der Waals surface area contributed by atoms with E-state index in [0.717, 1.165) is 50.5 Å². The number of fused-ring (bicyclic) bond motifs is 1. The number of rotatable bonds is 13. The Bertz CT molecular complexity index is 1760. The van der Waals surface area contributed by atoms with Gasteiger partial charge in [-0.2, -0.15) is 0 Å². The van der Waals surface area contributed by atoms with Gasteiger partial charge in [0.15, 0.2) is 16.4 Å². The number of benzene rings is 3. The van der Waals surface area contributed by atoms with Crippen LogP contribution in [0.5, 0.6) is 5.75 Å². The van der Waals surface area contributed by atoms with Crippen molar-refractivity contribution < 1.29 is 32.3 Å². The summed E-state index contributed by atoms with van der Waals surface area (Å²) in [6.07, 6.45) is 6.10. The van der Waals surface area contributed by atoms with Gasteiger partial charge < -0.3 is 20.1 Å². The number of halogens is 1. The molecule has 11 heteroatoms. The lowest BCUT2D eigenvalue weighted by Gasteiger charge is -2.32. The Hall–Kier alpha value is -3.70. The Morgan fingerprint density at radius 3 is 2.29 bits per heavy atom. The molecule has 0 saturated heterocycles. The molecule has 0 fully saturated rings. The Morgan fingerprint density at radius 2 is 1.67 bits per heavy atom. The first-order valence-electron chi connectivity index (χ1n) is 17.7. The second-order valence-electron chi connectivity index (χ2n) is 14.4. The summed E-state index contributed by atoms with van der Waals surface area (Å²) in [6.45, 7) is 8.55. The molecule has 0 aromatic heterocycles. The maximum absolute atomic E-state index is 14.5. The average Bonchev–Trinajstić information content (AvgIpc) is 3.13. The zero-order valence-corrected chi connectivity index (χ0v) is 32.7. The van der Waals surface area contributed by atoms with Crippen LogP contribution in [-0.2, 0) is 29.0 Å². The van der Waals surface area contributed by atoms with E-state index in [2.05, 4.69) is 40.4 Å². The highest BCUT2D eigenvalue weighted by Crippen LogP contribution is 2.46. The van der Waals surface area contributed by atoms with Crippen molar-refractivity contribution in [3.05, 3.63) is 94.0 Å². The molecule has 0 radical (unpaired) electrons. The number of carbonyl (C=O) groups excluding carboxylic acids is 3. The average molecular weight is 784 g/mol. The Morgan fingerprint density at radius 1 is 1.00 bits per heavy atom. The van der Waals surface area contributed by atoms with Crippen molar-refractivity contribution in [2.45, 2.75) is 102 Å². The van der Waals surface area contributed by atoms with Crippen LogP contribution < -0.4 is 15.4 Å². The van der Waals surface area contributed by atoms with E-state index in [4.69, 9.17) is 9.47 Å². The summed E-state index contributed by atoms with van der Waals surface area (Å²) in [5.74, 6) is -1.71. The van der Waals surface area contributed by atoms with Gasteiger partial charge in [0.25, 0.3) is 5.91 Å². The number of amides is 2. The lowest BCUT2D eigenvalue weighted by Crippen LogP contribution is -2.44. The van der Waals surface area contributed by atoms with E-state index in [0.29, 0.717) is 15.6 Å². The fraction of sp³-hybridized carbons (Fsp3) is 0.475. The van der Waals surface area contributed by atoms with Crippen LogP contribution in [0.4, 0.5) is 0 Å². The highest BCUT2D eigenvalue weighted by Gasteiger charge is 2.38. The van der Waals surface area contributed by atoms with Crippen LogP contribution in [0.15, 0.2) is 82.2 Å². The van der Waals surface area contributed by atoms with E-state index in [1.807, 2.05) is 36.4 Å². The predicted octanol–water partition coefficient (Wildman–Crippen LogP) is 7.82. The zero-order chi connectivity index (χ0) is 37.2. The van der Waals surface area contributed by atoms with Gasteiger partial charge in [0.1, 0.15) is 23.9 Å². The van der Waals surface area contributed by atoms with Crippen LogP contribution in [0.1, 0.15) is 108 Å². The monoisotopic (exact) mass is 782 g/mol. The minimum Gasteiger partial charge on any atom is -0.483 e. The number of hydrogen-bond acceptors (Lipinski definition) is 7. The van der Waals surface area contributed by atoms with Crippen molar-refractivity contribution in [2.75, 3.05) is 18.9 Å². The van der Waals surface area contributed by atoms with Crippen molar-refractivity contribution >= 4 is 43.6 Å². The number of hydrogen-bond donors (Lipinski definition) is 2. The van der Waals surface area contributed by atoms with E-state index < -0.39 is 45.9 Å². The second-order valence-corrected chi connectivity index (χ2v) is 17.2. The van der Waals surface area contributed by atoms with Crippen molar-refractivity contribution in [1.29, 1.82) is 0 Å². The second kappa shape index (κ2) is 17.7. The third kappa shape index (κ3) is 11.1. The molecule has 2 N–H and O–H groups in total. The van der Waals surface area contributed by atoms with Gasteiger partial charge in [-0.25, -0.2) is 8.42 Å². The number of nitrogens with one attached hydrogen (secondary N) is 2. The Labute approximate surface area is 311 Å². The number of esters is 1. The van der Waals surface area contributed by atoms with E-state index in [1.165, 1.54) is 0 Å². The zero-order valence-electron chi connectivity index (χ0n) is 30.3. The van der Waals surface area contributed by atoms with Gasteiger partial charge in [0, 0.05) is 12.0 Å². The summed E-state index contributed by atoms with van der Waals surface area (Å²) in [6, 6.07) is 20.9. The number of ether oxygens (including phenoxy) is 2. The largest absolute Gasteiger partial charge is 0.483 e. The van der Waals surface area contributed by atoms with Gasteiger partial charge in [0.2, 0.25) is 5.91 Å². The molecule has 51 heavy (non-hydrogen) atoms. The smallest absolute Gasteiger partial charge is 0.325 e.